The van der Waals surface area contributed by atoms with Crippen LogP contribution >= 0.6 is 0 Å². The Labute approximate surface area is 108 Å². The topological polar surface area (TPSA) is 52.6 Å². The number of anilines is 1. The van der Waals surface area contributed by atoms with E-state index in [0.29, 0.717) is 12.5 Å². The fraction of sp³-hybridized carbons (Fsp3) is 0.500. The molecule has 98 valence electrons. The van der Waals surface area contributed by atoms with Gasteiger partial charge in [-0.1, -0.05) is 18.2 Å². The lowest BCUT2D eigenvalue weighted by molar-refractivity contribution is -0.120. The van der Waals surface area contributed by atoms with Gasteiger partial charge in [-0.05, 0) is 31.9 Å². The molecule has 0 bridgehead atoms. The molecule has 2 N–H and O–H groups in total. The van der Waals surface area contributed by atoms with Crippen LogP contribution in [0.25, 0.3) is 0 Å². The molecular weight excluding hydrogens is 228 g/mol. The third-order valence-electron chi connectivity index (χ3n) is 3.32. The van der Waals surface area contributed by atoms with Crippen LogP contribution in [0.3, 0.4) is 0 Å². The first-order chi connectivity index (χ1) is 8.72. The average Bonchev–Trinajstić information content (AvgIpc) is 2.52. The Morgan fingerprint density at radius 3 is 2.78 bits per heavy atom. The summed E-state index contributed by atoms with van der Waals surface area (Å²) in [5.41, 5.74) is 0.932. The lowest BCUT2D eigenvalue weighted by atomic mass is 10.1. The first-order valence-corrected chi connectivity index (χ1v) is 6.45. The van der Waals surface area contributed by atoms with Crippen molar-refractivity contribution in [2.24, 2.45) is 0 Å². The lowest BCUT2D eigenvalue weighted by Gasteiger charge is -2.24. The van der Waals surface area contributed by atoms with E-state index in [-0.39, 0.29) is 18.6 Å². The minimum Gasteiger partial charge on any atom is -0.396 e. The summed E-state index contributed by atoms with van der Waals surface area (Å²) in [5, 5.41) is 12.3. The van der Waals surface area contributed by atoms with Gasteiger partial charge in [0.15, 0.2) is 0 Å². The molecule has 1 fully saturated rings. The van der Waals surface area contributed by atoms with E-state index >= 15 is 0 Å². The van der Waals surface area contributed by atoms with E-state index in [4.69, 9.17) is 5.11 Å². The minimum absolute atomic E-state index is 0.0265. The largest absolute Gasteiger partial charge is 0.396 e. The van der Waals surface area contributed by atoms with Gasteiger partial charge in [-0.15, -0.1) is 0 Å². The van der Waals surface area contributed by atoms with Crippen LogP contribution in [-0.2, 0) is 4.79 Å². The fourth-order valence-electron chi connectivity index (χ4n) is 2.32. The highest BCUT2D eigenvalue weighted by Crippen LogP contribution is 2.18. The van der Waals surface area contributed by atoms with E-state index in [0.717, 1.165) is 18.7 Å². The van der Waals surface area contributed by atoms with Gasteiger partial charge >= 0.3 is 0 Å². The van der Waals surface area contributed by atoms with Crippen molar-refractivity contribution >= 4 is 11.6 Å². The standard InChI is InChI=1S/C14H20N2O2/c1-11-7-9-16(12-5-3-2-4-6-12)14(18)13(15-11)8-10-17/h2-6,11,13,15,17H,7-10H2,1H3. The normalized spacial score (nSPS) is 25.0. The summed E-state index contributed by atoms with van der Waals surface area (Å²) >= 11 is 0. The van der Waals surface area contributed by atoms with Gasteiger partial charge in [0, 0.05) is 24.9 Å². The van der Waals surface area contributed by atoms with Gasteiger partial charge in [-0.2, -0.15) is 0 Å². The van der Waals surface area contributed by atoms with Crippen molar-refractivity contribution in [1.82, 2.24) is 5.32 Å². The van der Waals surface area contributed by atoms with Crippen LogP contribution in [0.2, 0.25) is 0 Å². The number of para-hydroxylation sites is 1. The average molecular weight is 248 g/mol. The summed E-state index contributed by atoms with van der Waals surface area (Å²) in [6, 6.07) is 9.72. The van der Waals surface area contributed by atoms with Crippen LogP contribution < -0.4 is 10.2 Å². The molecule has 0 aromatic heterocycles. The molecule has 18 heavy (non-hydrogen) atoms. The van der Waals surface area contributed by atoms with Crippen molar-refractivity contribution < 1.29 is 9.90 Å². The highest BCUT2D eigenvalue weighted by atomic mass is 16.3. The maximum Gasteiger partial charge on any atom is 0.244 e. The number of benzene rings is 1. The summed E-state index contributed by atoms with van der Waals surface area (Å²) in [6.07, 6.45) is 1.38. The zero-order valence-electron chi connectivity index (χ0n) is 10.7. The lowest BCUT2D eigenvalue weighted by Crippen LogP contribution is -2.45. The number of carbonyl (C=O) groups excluding carboxylic acids is 1. The maximum absolute atomic E-state index is 12.4. The van der Waals surface area contributed by atoms with Gasteiger partial charge in [0.25, 0.3) is 0 Å². The summed E-state index contributed by atoms with van der Waals surface area (Å²) in [5.74, 6) is 0.0552. The molecule has 2 atom stereocenters. The van der Waals surface area contributed by atoms with Gasteiger partial charge in [0.1, 0.15) is 0 Å². The van der Waals surface area contributed by atoms with Crippen LogP contribution in [0.15, 0.2) is 30.3 Å². The Morgan fingerprint density at radius 1 is 1.39 bits per heavy atom. The van der Waals surface area contributed by atoms with E-state index in [1.54, 1.807) is 0 Å². The monoisotopic (exact) mass is 248 g/mol. The quantitative estimate of drug-likeness (QED) is 0.844. The molecule has 2 unspecified atom stereocenters. The second-order valence-corrected chi connectivity index (χ2v) is 4.75. The van der Waals surface area contributed by atoms with Crippen molar-refractivity contribution in [3.8, 4) is 0 Å². The number of nitrogens with zero attached hydrogens (tertiary/aromatic N) is 1. The first-order valence-electron chi connectivity index (χ1n) is 6.45. The van der Waals surface area contributed by atoms with Crippen LogP contribution in [0, 0.1) is 0 Å². The van der Waals surface area contributed by atoms with Crippen LogP contribution in [-0.4, -0.2) is 36.2 Å². The Morgan fingerprint density at radius 2 is 2.11 bits per heavy atom. The molecule has 0 radical (unpaired) electrons. The zero-order chi connectivity index (χ0) is 13.0. The van der Waals surface area contributed by atoms with E-state index in [2.05, 4.69) is 12.2 Å². The second-order valence-electron chi connectivity index (χ2n) is 4.75. The number of nitrogens with one attached hydrogen (secondary N) is 1. The maximum atomic E-state index is 12.4. The molecule has 2 rings (SSSR count). The third kappa shape index (κ3) is 2.89. The Hall–Kier alpha value is -1.39. The zero-order valence-corrected chi connectivity index (χ0v) is 10.7. The van der Waals surface area contributed by atoms with Gasteiger partial charge in [-0.3, -0.25) is 4.79 Å². The smallest absolute Gasteiger partial charge is 0.244 e. The second kappa shape index (κ2) is 5.98. The summed E-state index contributed by atoms with van der Waals surface area (Å²) in [4.78, 5) is 14.3. The van der Waals surface area contributed by atoms with E-state index in [9.17, 15) is 4.79 Å². The predicted molar refractivity (Wildman–Crippen MR) is 71.5 cm³/mol. The fourth-order valence-corrected chi connectivity index (χ4v) is 2.32. The van der Waals surface area contributed by atoms with Crippen LogP contribution in [0.1, 0.15) is 19.8 Å². The van der Waals surface area contributed by atoms with Crippen molar-refractivity contribution in [2.75, 3.05) is 18.1 Å². The van der Waals surface area contributed by atoms with Gasteiger partial charge in [0.05, 0.1) is 6.04 Å². The summed E-state index contributed by atoms with van der Waals surface area (Å²) in [6.45, 7) is 2.82. The van der Waals surface area contributed by atoms with Crippen LogP contribution in [0.5, 0.6) is 0 Å². The highest BCUT2D eigenvalue weighted by molar-refractivity contribution is 5.97. The molecule has 1 aromatic rings. The number of amides is 1. The van der Waals surface area contributed by atoms with Gasteiger partial charge in [0.2, 0.25) is 5.91 Å². The number of aliphatic hydroxyl groups is 1. The Kier molecular flexibility index (Phi) is 4.33. The number of rotatable bonds is 3. The number of hydrogen-bond acceptors (Lipinski definition) is 3. The van der Waals surface area contributed by atoms with Crippen molar-refractivity contribution in [3.63, 3.8) is 0 Å². The Balaban J connectivity index is 2.21. The van der Waals surface area contributed by atoms with E-state index in [1.807, 2.05) is 35.2 Å². The molecule has 1 aliphatic heterocycles. The molecule has 1 aromatic carbocycles. The molecule has 4 nitrogen and oxygen atoms in total. The molecule has 1 aliphatic rings. The SMILES string of the molecule is CC1CCN(c2ccccc2)C(=O)C(CCO)N1. The number of aliphatic hydroxyl groups excluding tert-OH is 1. The molecule has 1 heterocycles. The molecule has 0 aliphatic carbocycles. The number of carbonyl (C=O) groups is 1. The molecule has 1 saturated heterocycles. The van der Waals surface area contributed by atoms with Crippen molar-refractivity contribution in [3.05, 3.63) is 30.3 Å². The van der Waals surface area contributed by atoms with Gasteiger partial charge < -0.3 is 15.3 Å². The van der Waals surface area contributed by atoms with Crippen molar-refractivity contribution in [2.45, 2.75) is 31.8 Å². The summed E-state index contributed by atoms with van der Waals surface area (Å²) in [7, 11) is 0. The van der Waals surface area contributed by atoms with Crippen molar-refractivity contribution in [1.29, 1.82) is 0 Å². The highest BCUT2D eigenvalue weighted by Gasteiger charge is 2.29. The predicted octanol–water partition coefficient (Wildman–Crippen LogP) is 1.15. The van der Waals surface area contributed by atoms with E-state index in [1.165, 1.54) is 0 Å². The minimum atomic E-state index is -0.285. The molecular formula is C14H20N2O2. The molecule has 4 heteroatoms. The summed E-state index contributed by atoms with van der Waals surface area (Å²) < 4.78 is 0. The van der Waals surface area contributed by atoms with Gasteiger partial charge in [-0.25, -0.2) is 0 Å². The van der Waals surface area contributed by atoms with E-state index < -0.39 is 0 Å². The molecule has 0 saturated carbocycles. The molecule has 1 amide bonds. The number of hydrogen-bond donors (Lipinski definition) is 2. The van der Waals surface area contributed by atoms with Crippen LogP contribution in [0.4, 0.5) is 5.69 Å². The Bertz CT molecular complexity index is 394. The third-order valence-corrected chi connectivity index (χ3v) is 3.32. The molecule has 0 spiro atoms. The first kappa shape index (κ1) is 13.1.